The fourth-order valence-electron chi connectivity index (χ4n) is 3.12. The second-order valence-corrected chi connectivity index (χ2v) is 6.59. The average molecular weight is 354 g/mol. The summed E-state index contributed by atoms with van der Waals surface area (Å²) in [5, 5.41) is 2.65. The van der Waals surface area contributed by atoms with E-state index in [9.17, 15) is 4.79 Å². The van der Waals surface area contributed by atoms with Gasteiger partial charge in [-0.25, -0.2) is 0 Å². The number of hydrogen-bond donors (Lipinski definition) is 1. The summed E-state index contributed by atoms with van der Waals surface area (Å²) < 4.78 is 10.9. The monoisotopic (exact) mass is 354 g/mol. The second kappa shape index (κ2) is 8.23. The van der Waals surface area contributed by atoms with E-state index in [2.05, 4.69) is 10.2 Å². The summed E-state index contributed by atoms with van der Waals surface area (Å²) >= 11 is 0. The van der Waals surface area contributed by atoms with Gasteiger partial charge in [-0.3, -0.25) is 9.69 Å². The first-order valence-electron chi connectivity index (χ1n) is 8.90. The summed E-state index contributed by atoms with van der Waals surface area (Å²) in [6.45, 7) is 1.65. The van der Waals surface area contributed by atoms with Gasteiger partial charge in [0.15, 0.2) is 0 Å². The first-order chi connectivity index (χ1) is 12.6. The molecule has 0 aromatic heterocycles. The fraction of sp³-hybridized carbons (Fsp3) is 0.381. The van der Waals surface area contributed by atoms with Crippen LogP contribution in [0.15, 0.2) is 42.5 Å². The lowest BCUT2D eigenvalue weighted by molar-refractivity contribution is 0.0963. The normalized spacial score (nSPS) is 13.5. The maximum atomic E-state index is 11.7. The third-order valence-electron chi connectivity index (χ3n) is 4.75. The number of carbonyl (C=O) groups excluding carboxylic acids is 1. The lowest BCUT2D eigenvalue weighted by atomic mass is 10.1. The molecule has 0 aliphatic heterocycles. The Morgan fingerprint density at radius 2 is 1.81 bits per heavy atom. The summed E-state index contributed by atoms with van der Waals surface area (Å²) in [6, 6.07) is 14.3. The highest BCUT2D eigenvalue weighted by Gasteiger charge is 2.29. The van der Waals surface area contributed by atoms with Crippen LogP contribution in [0.5, 0.6) is 11.5 Å². The summed E-state index contributed by atoms with van der Waals surface area (Å²) in [6.07, 6.45) is 2.45. The third-order valence-corrected chi connectivity index (χ3v) is 4.75. The summed E-state index contributed by atoms with van der Waals surface area (Å²) in [4.78, 5) is 14.2. The maximum Gasteiger partial charge on any atom is 0.251 e. The molecule has 1 aliphatic carbocycles. The zero-order valence-corrected chi connectivity index (χ0v) is 15.6. The molecule has 26 heavy (non-hydrogen) atoms. The van der Waals surface area contributed by atoms with Gasteiger partial charge in [0.2, 0.25) is 0 Å². The second-order valence-electron chi connectivity index (χ2n) is 6.59. The Morgan fingerprint density at radius 3 is 2.38 bits per heavy atom. The molecule has 0 heterocycles. The van der Waals surface area contributed by atoms with Crippen molar-refractivity contribution in [3.63, 3.8) is 0 Å². The van der Waals surface area contributed by atoms with Crippen molar-refractivity contribution in [2.24, 2.45) is 0 Å². The number of benzene rings is 2. The minimum atomic E-state index is -0.0586. The standard InChI is InChI=1S/C21H26N2O3/c1-22-21(24)16-6-4-15(5-7-16)13-23(18-8-9-18)14-17-12-19(25-2)10-11-20(17)26-3/h4-7,10-12,18H,8-9,13-14H2,1-3H3,(H,22,24). The number of ether oxygens (including phenoxy) is 2. The van der Waals surface area contributed by atoms with Crippen LogP contribution in [0.25, 0.3) is 0 Å². The van der Waals surface area contributed by atoms with Gasteiger partial charge in [-0.05, 0) is 48.7 Å². The predicted octanol–water partition coefficient (Wildman–Crippen LogP) is 3.23. The van der Waals surface area contributed by atoms with Crippen LogP contribution in [-0.4, -0.2) is 38.1 Å². The van der Waals surface area contributed by atoms with Crippen molar-refractivity contribution in [1.82, 2.24) is 10.2 Å². The number of nitrogens with zero attached hydrogens (tertiary/aromatic N) is 1. The van der Waals surface area contributed by atoms with E-state index >= 15 is 0 Å². The lowest BCUT2D eigenvalue weighted by Gasteiger charge is -2.23. The molecule has 1 fully saturated rings. The zero-order chi connectivity index (χ0) is 18.5. The van der Waals surface area contributed by atoms with E-state index < -0.39 is 0 Å². The maximum absolute atomic E-state index is 11.7. The van der Waals surface area contributed by atoms with Crippen LogP contribution in [0.4, 0.5) is 0 Å². The zero-order valence-electron chi connectivity index (χ0n) is 15.6. The Hall–Kier alpha value is -2.53. The number of hydrogen-bond acceptors (Lipinski definition) is 4. The van der Waals surface area contributed by atoms with Gasteiger partial charge >= 0.3 is 0 Å². The molecule has 0 bridgehead atoms. The van der Waals surface area contributed by atoms with E-state index in [0.29, 0.717) is 11.6 Å². The molecule has 138 valence electrons. The Balaban J connectivity index is 1.75. The number of rotatable bonds is 8. The molecule has 1 N–H and O–H groups in total. The number of methoxy groups -OCH3 is 2. The topological polar surface area (TPSA) is 50.8 Å². The molecule has 0 spiro atoms. The number of carbonyl (C=O) groups is 1. The molecule has 1 amide bonds. The minimum absolute atomic E-state index is 0.0586. The highest BCUT2D eigenvalue weighted by Crippen LogP contribution is 2.33. The van der Waals surface area contributed by atoms with Crippen molar-refractivity contribution >= 4 is 5.91 Å². The molecule has 0 saturated heterocycles. The van der Waals surface area contributed by atoms with Gasteiger partial charge in [-0.1, -0.05) is 12.1 Å². The summed E-state index contributed by atoms with van der Waals surface area (Å²) in [7, 11) is 5.02. The molecule has 5 heteroatoms. The van der Waals surface area contributed by atoms with Crippen molar-refractivity contribution in [3.05, 3.63) is 59.2 Å². The molecule has 2 aromatic carbocycles. The van der Waals surface area contributed by atoms with Crippen molar-refractivity contribution in [2.45, 2.75) is 32.0 Å². The van der Waals surface area contributed by atoms with Gasteiger partial charge in [0.1, 0.15) is 11.5 Å². The Kier molecular flexibility index (Phi) is 5.78. The minimum Gasteiger partial charge on any atom is -0.497 e. The van der Waals surface area contributed by atoms with E-state index in [0.717, 1.165) is 30.2 Å². The van der Waals surface area contributed by atoms with Gasteiger partial charge in [0, 0.05) is 37.3 Å². The molecule has 5 nitrogen and oxygen atoms in total. The fourth-order valence-corrected chi connectivity index (χ4v) is 3.12. The van der Waals surface area contributed by atoms with Crippen LogP contribution in [0.2, 0.25) is 0 Å². The van der Waals surface area contributed by atoms with E-state index in [1.807, 2.05) is 42.5 Å². The van der Waals surface area contributed by atoms with Crippen LogP contribution in [0, 0.1) is 0 Å². The van der Waals surface area contributed by atoms with Crippen molar-refractivity contribution in [3.8, 4) is 11.5 Å². The Labute approximate surface area is 154 Å². The smallest absolute Gasteiger partial charge is 0.251 e. The summed E-state index contributed by atoms with van der Waals surface area (Å²) in [5.41, 5.74) is 3.01. The quantitative estimate of drug-likeness (QED) is 0.791. The van der Waals surface area contributed by atoms with Gasteiger partial charge in [-0.15, -0.1) is 0 Å². The van der Waals surface area contributed by atoms with Crippen LogP contribution < -0.4 is 14.8 Å². The van der Waals surface area contributed by atoms with Crippen LogP contribution in [0.3, 0.4) is 0 Å². The molecule has 1 aliphatic rings. The highest BCUT2D eigenvalue weighted by atomic mass is 16.5. The average Bonchev–Trinajstić information content (AvgIpc) is 3.52. The number of amides is 1. The van der Waals surface area contributed by atoms with E-state index in [4.69, 9.17) is 9.47 Å². The van der Waals surface area contributed by atoms with E-state index in [-0.39, 0.29) is 5.91 Å². The van der Waals surface area contributed by atoms with Crippen LogP contribution in [0.1, 0.15) is 34.3 Å². The van der Waals surface area contributed by atoms with Gasteiger partial charge < -0.3 is 14.8 Å². The van der Waals surface area contributed by atoms with Crippen LogP contribution in [-0.2, 0) is 13.1 Å². The van der Waals surface area contributed by atoms with E-state index in [1.165, 1.54) is 18.4 Å². The first-order valence-corrected chi connectivity index (χ1v) is 8.90. The predicted molar refractivity (Wildman–Crippen MR) is 102 cm³/mol. The third kappa shape index (κ3) is 4.35. The molecule has 2 aromatic rings. The lowest BCUT2D eigenvalue weighted by Crippen LogP contribution is -2.25. The Bertz CT molecular complexity index is 754. The highest BCUT2D eigenvalue weighted by molar-refractivity contribution is 5.93. The van der Waals surface area contributed by atoms with Gasteiger partial charge in [-0.2, -0.15) is 0 Å². The SMILES string of the molecule is CNC(=O)c1ccc(CN(Cc2cc(OC)ccc2OC)C2CC2)cc1. The Morgan fingerprint density at radius 1 is 1.08 bits per heavy atom. The first kappa shape index (κ1) is 18.3. The van der Waals surface area contributed by atoms with Crippen LogP contribution >= 0.6 is 0 Å². The molecule has 3 rings (SSSR count). The van der Waals surface area contributed by atoms with Gasteiger partial charge in [0.25, 0.3) is 5.91 Å². The van der Waals surface area contributed by atoms with Crippen molar-refractivity contribution in [1.29, 1.82) is 0 Å². The molecular formula is C21H26N2O3. The number of nitrogens with one attached hydrogen (secondary N) is 1. The molecule has 0 radical (unpaired) electrons. The molecule has 1 saturated carbocycles. The van der Waals surface area contributed by atoms with Crippen molar-refractivity contribution < 1.29 is 14.3 Å². The van der Waals surface area contributed by atoms with Crippen molar-refractivity contribution in [2.75, 3.05) is 21.3 Å². The molecule has 0 atom stereocenters. The van der Waals surface area contributed by atoms with Gasteiger partial charge in [0.05, 0.1) is 14.2 Å². The summed E-state index contributed by atoms with van der Waals surface area (Å²) in [5.74, 6) is 1.66. The molecule has 0 unspecified atom stereocenters. The van der Waals surface area contributed by atoms with E-state index in [1.54, 1.807) is 21.3 Å². The molecular weight excluding hydrogens is 328 g/mol. The largest absolute Gasteiger partial charge is 0.497 e.